The normalized spacial score (nSPS) is 25.5. The molecule has 1 aromatic rings. The highest BCUT2D eigenvalue weighted by Gasteiger charge is 2.42. The SMILES string of the molecule is CCc1c(C)cccc1OC(C)CCCC(C)CC1C=C2C(=CC1C)C(C)(C)CCC2(C)C. The van der Waals surface area contributed by atoms with Crippen LogP contribution in [0.4, 0.5) is 0 Å². The minimum absolute atomic E-state index is 0.274. The Bertz CT molecular complexity index is 868. The lowest BCUT2D eigenvalue weighted by Gasteiger charge is -2.47. The Morgan fingerprint density at radius 3 is 2.24 bits per heavy atom. The number of benzene rings is 1. The standard InChI is InChI=1S/C32H50O/c1-10-27-23(3)14-12-16-30(27)33-25(5)15-11-13-22(2)19-26-21-29-28(20-24(26)4)31(6,7)17-18-32(29,8)9/h12,14,16,20-22,24-26H,10-11,13,15,17-19H2,1-9H3. The van der Waals surface area contributed by atoms with Crippen molar-refractivity contribution < 1.29 is 4.74 Å². The van der Waals surface area contributed by atoms with Crippen LogP contribution in [0.15, 0.2) is 41.5 Å². The lowest BCUT2D eigenvalue weighted by Crippen LogP contribution is -2.35. The van der Waals surface area contributed by atoms with E-state index in [0.29, 0.717) is 22.7 Å². The summed E-state index contributed by atoms with van der Waals surface area (Å²) in [6.07, 6.45) is 14.2. The predicted molar refractivity (Wildman–Crippen MR) is 144 cm³/mol. The smallest absolute Gasteiger partial charge is 0.123 e. The molecule has 0 heterocycles. The van der Waals surface area contributed by atoms with E-state index in [9.17, 15) is 0 Å². The van der Waals surface area contributed by atoms with Crippen molar-refractivity contribution in [2.75, 3.05) is 0 Å². The molecule has 4 unspecified atom stereocenters. The fourth-order valence-corrected chi connectivity index (χ4v) is 6.14. The van der Waals surface area contributed by atoms with Crippen molar-refractivity contribution in [1.82, 2.24) is 0 Å². The monoisotopic (exact) mass is 450 g/mol. The third kappa shape index (κ3) is 6.14. The van der Waals surface area contributed by atoms with Gasteiger partial charge in [-0.25, -0.2) is 0 Å². The Balaban J connectivity index is 1.53. The topological polar surface area (TPSA) is 9.23 Å². The molecule has 0 radical (unpaired) electrons. The maximum Gasteiger partial charge on any atom is 0.123 e. The molecular formula is C32H50O. The summed E-state index contributed by atoms with van der Waals surface area (Å²) >= 11 is 0. The van der Waals surface area contributed by atoms with Gasteiger partial charge in [0.05, 0.1) is 6.10 Å². The Morgan fingerprint density at radius 2 is 1.61 bits per heavy atom. The maximum atomic E-state index is 6.35. The quantitative estimate of drug-likeness (QED) is 0.364. The van der Waals surface area contributed by atoms with Crippen molar-refractivity contribution in [3.63, 3.8) is 0 Å². The molecule has 3 rings (SSSR count). The summed E-state index contributed by atoms with van der Waals surface area (Å²) in [6, 6.07) is 6.44. The molecule has 1 fully saturated rings. The lowest BCUT2D eigenvalue weighted by atomic mass is 9.57. The highest BCUT2D eigenvalue weighted by Crippen LogP contribution is 2.55. The Hall–Kier alpha value is -1.50. The van der Waals surface area contributed by atoms with E-state index in [1.807, 2.05) is 0 Å². The molecule has 1 nitrogen and oxygen atoms in total. The van der Waals surface area contributed by atoms with Gasteiger partial charge in [0.2, 0.25) is 0 Å². The third-order valence-electron chi connectivity index (χ3n) is 8.64. The second-order valence-electron chi connectivity index (χ2n) is 12.6. The summed E-state index contributed by atoms with van der Waals surface area (Å²) in [5.74, 6) is 3.16. The molecule has 0 aromatic heterocycles. The average Bonchev–Trinajstić information content (AvgIpc) is 2.73. The van der Waals surface area contributed by atoms with Crippen molar-refractivity contribution in [2.24, 2.45) is 28.6 Å². The molecule has 1 heteroatoms. The summed E-state index contributed by atoms with van der Waals surface area (Å²) in [6.45, 7) is 21.3. The Labute approximate surface area is 205 Å². The third-order valence-corrected chi connectivity index (χ3v) is 8.64. The number of hydrogen-bond donors (Lipinski definition) is 0. The molecule has 0 N–H and O–H groups in total. The zero-order valence-electron chi connectivity index (χ0n) is 23.1. The molecule has 0 spiro atoms. The van der Waals surface area contributed by atoms with Crippen LogP contribution in [0.3, 0.4) is 0 Å². The van der Waals surface area contributed by atoms with Crippen LogP contribution in [-0.2, 0) is 6.42 Å². The van der Waals surface area contributed by atoms with Crippen molar-refractivity contribution in [2.45, 2.75) is 113 Å². The van der Waals surface area contributed by atoms with Gasteiger partial charge in [0.1, 0.15) is 5.75 Å². The first kappa shape index (κ1) is 26.1. The highest BCUT2D eigenvalue weighted by atomic mass is 16.5. The van der Waals surface area contributed by atoms with E-state index in [-0.39, 0.29) is 6.10 Å². The summed E-state index contributed by atoms with van der Waals surface area (Å²) < 4.78 is 6.35. The minimum atomic E-state index is 0.274. The summed E-state index contributed by atoms with van der Waals surface area (Å²) in [7, 11) is 0. The van der Waals surface area contributed by atoms with E-state index >= 15 is 0 Å². The van der Waals surface area contributed by atoms with E-state index in [1.54, 1.807) is 11.1 Å². The van der Waals surface area contributed by atoms with Crippen LogP contribution in [0.5, 0.6) is 5.75 Å². The number of aryl methyl sites for hydroxylation is 1. The van der Waals surface area contributed by atoms with Crippen molar-refractivity contribution in [3.8, 4) is 5.75 Å². The molecule has 2 aliphatic rings. The molecule has 33 heavy (non-hydrogen) atoms. The van der Waals surface area contributed by atoms with Crippen molar-refractivity contribution in [3.05, 3.63) is 52.6 Å². The van der Waals surface area contributed by atoms with E-state index < -0.39 is 0 Å². The van der Waals surface area contributed by atoms with Crippen LogP contribution in [0.1, 0.15) is 105 Å². The molecule has 184 valence electrons. The van der Waals surface area contributed by atoms with Crippen LogP contribution in [-0.4, -0.2) is 6.10 Å². The first-order chi connectivity index (χ1) is 15.4. The number of fused-ring (bicyclic) bond motifs is 1. The van der Waals surface area contributed by atoms with Crippen molar-refractivity contribution in [1.29, 1.82) is 0 Å². The van der Waals surface area contributed by atoms with Gasteiger partial charge >= 0.3 is 0 Å². The number of allylic oxidation sites excluding steroid dienone is 4. The zero-order valence-corrected chi connectivity index (χ0v) is 23.1. The number of rotatable bonds is 9. The second-order valence-corrected chi connectivity index (χ2v) is 12.6. The molecule has 0 amide bonds. The van der Waals surface area contributed by atoms with Gasteiger partial charge in [0.15, 0.2) is 0 Å². The highest BCUT2D eigenvalue weighted by molar-refractivity contribution is 5.45. The first-order valence-corrected chi connectivity index (χ1v) is 13.6. The summed E-state index contributed by atoms with van der Waals surface area (Å²) in [5, 5.41) is 0. The summed E-state index contributed by atoms with van der Waals surface area (Å²) in [5.41, 5.74) is 6.65. The van der Waals surface area contributed by atoms with Crippen LogP contribution in [0, 0.1) is 35.5 Å². The van der Waals surface area contributed by atoms with Gasteiger partial charge in [0.25, 0.3) is 0 Å². The molecule has 0 bridgehead atoms. The zero-order chi connectivity index (χ0) is 24.4. The predicted octanol–water partition coefficient (Wildman–Crippen LogP) is 9.49. The first-order valence-electron chi connectivity index (χ1n) is 13.6. The average molecular weight is 451 g/mol. The van der Waals surface area contributed by atoms with Crippen LogP contribution in [0.2, 0.25) is 0 Å². The number of ether oxygens (including phenoxy) is 1. The van der Waals surface area contributed by atoms with Gasteiger partial charge in [-0.1, -0.05) is 79.2 Å². The molecule has 1 saturated carbocycles. The molecule has 4 atom stereocenters. The van der Waals surface area contributed by atoms with E-state index in [0.717, 1.165) is 24.5 Å². The largest absolute Gasteiger partial charge is 0.490 e. The van der Waals surface area contributed by atoms with E-state index in [4.69, 9.17) is 4.74 Å². The number of hydrogen-bond acceptors (Lipinski definition) is 1. The van der Waals surface area contributed by atoms with Crippen LogP contribution >= 0.6 is 0 Å². The molecule has 0 saturated heterocycles. The minimum Gasteiger partial charge on any atom is -0.490 e. The Morgan fingerprint density at radius 1 is 0.970 bits per heavy atom. The fourth-order valence-electron chi connectivity index (χ4n) is 6.14. The molecule has 1 aromatic carbocycles. The fraction of sp³-hybridized carbons (Fsp3) is 0.688. The van der Waals surface area contributed by atoms with Crippen molar-refractivity contribution >= 4 is 0 Å². The Kier molecular flexibility index (Phi) is 8.24. The van der Waals surface area contributed by atoms with Gasteiger partial charge < -0.3 is 4.74 Å². The summed E-state index contributed by atoms with van der Waals surface area (Å²) in [4.78, 5) is 0. The van der Waals surface area contributed by atoms with Gasteiger partial charge in [-0.3, -0.25) is 0 Å². The molecule has 0 aliphatic heterocycles. The van der Waals surface area contributed by atoms with Crippen LogP contribution < -0.4 is 4.74 Å². The second kappa shape index (κ2) is 10.4. The van der Waals surface area contributed by atoms with E-state index in [2.05, 4.69) is 92.7 Å². The van der Waals surface area contributed by atoms with Gasteiger partial charge in [-0.05, 0) is 109 Å². The van der Waals surface area contributed by atoms with Gasteiger partial charge in [-0.15, -0.1) is 0 Å². The van der Waals surface area contributed by atoms with Crippen LogP contribution in [0.25, 0.3) is 0 Å². The van der Waals surface area contributed by atoms with Gasteiger partial charge in [0, 0.05) is 0 Å². The van der Waals surface area contributed by atoms with E-state index in [1.165, 1.54) is 43.2 Å². The van der Waals surface area contributed by atoms with Gasteiger partial charge in [-0.2, -0.15) is 0 Å². The molecule has 2 aliphatic carbocycles. The maximum absolute atomic E-state index is 6.35. The lowest BCUT2D eigenvalue weighted by molar-refractivity contribution is 0.200. The molecular weight excluding hydrogens is 400 g/mol.